The maximum atomic E-state index is 3.75. The van der Waals surface area contributed by atoms with Crippen molar-refractivity contribution in [1.82, 2.24) is 10.2 Å². The van der Waals surface area contributed by atoms with Crippen LogP contribution in [0.3, 0.4) is 0 Å². The topological polar surface area (TPSA) is 15.3 Å². The predicted molar refractivity (Wildman–Crippen MR) is 81.0 cm³/mol. The van der Waals surface area contributed by atoms with Crippen molar-refractivity contribution in [1.29, 1.82) is 0 Å². The van der Waals surface area contributed by atoms with Crippen molar-refractivity contribution in [3.8, 4) is 0 Å². The molecule has 1 fully saturated rings. The average molecular weight is 254 g/mol. The number of piperazine rings is 1. The van der Waals surface area contributed by atoms with Crippen molar-refractivity contribution in [2.45, 2.75) is 72.9 Å². The van der Waals surface area contributed by atoms with E-state index in [0.29, 0.717) is 17.0 Å². The zero-order valence-corrected chi connectivity index (χ0v) is 13.6. The van der Waals surface area contributed by atoms with Gasteiger partial charge in [0.05, 0.1) is 0 Å². The summed E-state index contributed by atoms with van der Waals surface area (Å²) in [6.45, 7) is 20.0. The molecule has 0 aromatic carbocycles. The number of hydrogen-bond donors (Lipinski definition) is 1. The van der Waals surface area contributed by atoms with Gasteiger partial charge in [0.25, 0.3) is 0 Å². The number of hydrogen-bond acceptors (Lipinski definition) is 2. The smallest absolute Gasteiger partial charge is 0.0303 e. The van der Waals surface area contributed by atoms with Gasteiger partial charge < -0.3 is 5.32 Å². The first-order valence-corrected chi connectivity index (χ1v) is 7.66. The average Bonchev–Trinajstić information content (AvgIpc) is 2.26. The lowest BCUT2D eigenvalue weighted by atomic mass is 9.86. The van der Waals surface area contributed by atoms with Crippen LogP contribution in [0.15, 0.2) is 0 Å². The molecule has 2 nitrogen and oxygen atoms in total. The fourth-order valence-corrected chi connectivity index (χ4v) is 2.61. The van der Waals surface area contributed by atoms with Gasteiger partial charge in [-0.2, -0.15) is 0 Å². The van der Waals surface area contributed by atoms with Gasteiger partial charge in [-0.3, -0.25) is 4.90 Å². The SMILES string of the molecule is CCC1(C)CNC(C(C)C)CN1CCC(C)(C)C. The molecule has 1 N–H and O–H groups in total. The summed E-state index contributed by atoms with van der Waals surface area (Å²) in [6, 6.07) is 0.657. The van der Waals surface area contributed by atoms with E-state index in [1.807, 2.05) is 0 Å². The standard InChI is InChI=1S/C16H34N2/c1-8-16(7)12-17-14(13(2)3)11-18(16)10-9-15(4,5)6/h13-14,17H,8-12H2,1-7H3. The predicted octanol–water partition coefficient (Wildman–Crippen LogP) is 3.52. The fraction of sp³-hybridized carbons (Fsp3) is 1.00. The monoisotopic (exact) mass is 254 g/mol. The number of nitrogens with one attached hydrogen (secondary N) is 1. The molecular weight excluding hydrogens is 220 g/mol. The second kappa shape index (κ2) is 5.92. The molecule has 1 heterocycles. The fourth-order valence-electron chi connectivity index (χ4n) is 2.61. The van der Waals surface area contributed by atoms with E-state index in [-0.39, 0.29) is 0 Å². The van der Waals surface area contributed by atoms with Crippen molar-refractivity contribution >= 4 is 0 Å². The second-order valence-corrected chi connectivity index (χ2v) is 7.84. The Morgan fingerprint density at radius 3 is 2.39 bits per heavy atom. The van der Waals surface area contributed by atoms with Crippen molar-refractivity contribution < 1.29 is 0 Å². The normalized spacial score (nSPS) is 31.0. The molecule has 0 bridgehead atoms. The molecule has 0 radical (unpaired) electrons. The van der Waals surface area contributed by atoms with Gasteiger partial charge in [0.1, 0.15) is 0 Å². The lowest BCUT2D eigenvalue weighted by molar-refractivity contribution is 0.0304. The molecule has 1 saturated heterocycles. The van der Waals surface area contributed by atoms with Crippen LogP contribution in [0.25, 0.3) is 0 Å². The van der Waals surface area contributed by atoms with Gasteiger partial charge in [0.2, 0.25) is 0 Å². The minimum Gasteiger partial charge on any atom is -0.311 e. The summed E-state index contributed by atoms with van der Waals surface area (Å²) in [7, 11) is 0. The van der Waals surface area contributed by atoms with E-state index in [2.05, 4.69) is 58.7 Å². The first kappa shape index (κ1) is 16.0. The summed E-state index contributed by atoms with van der Waals surface area (Å²) in [5.41, 5.74) is 0.781. The van der Waals surface area contributed by atoms with E-state index in [0.717, 1.165) is 12.5 Å². The Bertz CT molecular complexity index is 254. The third kappa shape index (κ3) is 4.24. The van der Waals surface area contributed by atoms with Crippen LogP contribution in [0.1, 0.15) is 61.3 Å². The lowest BCUT2D eigenvalue weighted by Gasteiger charge is -2.49. The Morgan fingerprint density at radius 2 is 1.94 bits per heavy atom. The minimum atomic E-state index is 0.344. The summed E-state index contributed by atoms with van der Waals surface area (Å²) < 4.78 is 0. The molecule has 0 saturated carbocycles. The van der Waals surface area contributed by atoms with Gasteiger partial charge in [-0.25, -0.2) is 0 Å². The van der Waals surface area contributed by atoms with E-state index < -0.39 is 0 Å². The van der Waals surface area contributed by atoms with Gasteiger partial charge in [-0.05, 0) is 37.6 Å². The summed E-state index contributed by atoms with van der Waals surface area (Å²) in [5, 5.41) is 3.75. The summed E-state index contributed by atoms with van der Waals surface area (Å²) >= 11 is 0. The number of nitrogens with zero attached hydrogens (tertiary/aromatic N) is 1. The summed E-state index contributed by atoms with van der Waals surface area (Å²) in [5.74, 6) is 0.726. The first-order chi connectivity index (χ1) is 8.18. The maximum absolute atomic E-state index is 3.75. The first-order valence-electron chi connectivity index (χ1n) is 7.66. The van der Waals surface area contributed by atoms with Gasteiger partial charge in [0, 0.05) is 24.7 Å². The molecule has 2 unspecified atom stereocenters. The molecule has 1 aliphatic rings. The van der Waals surface area contributed by atoms with Gasteiger partial charge >= 0.3 is 0 Å². The lowest BCUT2D eigenvalue weighted by Crippen LogP contribution is -2.64. The zero-order chi connectivity index (χ0) is 14.0. The van der Waals surface area contributed by atoms with Crippen molar-refractivity contribution in [3.05, 3.63) is 0 Å². The van der Waals surface area contributed by atoms with Crippen LogP contribution in [0.4, 0.5) is 0 Å². The van der Waals surface area contributed by atoms with E-state index in [4.69, 9.17) is 0 Å². The van der Waals surface area contributed by atoms with E-state index in [1.165, 1.54) is 25.9 Å². The van der Waals surface area contributed by atoms with Crippen LogP contribution in [-0.4, -0.2) is 36.1 Å². The van der Waals surface area contributed by atoms with Crippen molar-refractivity contribution in [2.24, 2.45) is 11.3 Å². The Balaban J connectivity index is 2.67. The van der Waals surface area contributed by atoms with Gasteiger partial charge in [-0.1, -0.05) is 41.5 Å². The molecule has 2 heteroatoms. The molecule has 0 aliphatic carbocycles. The van der Waals surface area contributed by atoms with Crippen LogP contribution >= 0.6 is 0 Å². The van der Waals surface area contributed by atoms with Gasteiger partial charge in [-0.15, -0.1) is 0 Å². The Hall–Kier alpha value is -0.0800. The largest absolute Gasteiger partial charge is 0.311 e. The van der Waals surface area contributed by atoms with E-state index in [1.54, 1.807) is 0 Å². The molecule has 2 atom stereocenters. The highest BCUT2D eigenvalue weighted by Gasteiger charge is 2.37. The molecule has 108 valence electrons. The van der Waals surface area contributed by atoms with E-state index in [9.17, 15) is 0 Å². The van der Waals surface area contributed by atoms with Crippen LogP contribution in [0.5, 0.6) is 0 Å². The maximum Gasteiger partial charge on any atom is 0.0303 e. The highest BCUT2D eigenvalue weighted by atomic mass is 15.3. The van der Waals surface area contributed by atoms with Crippen molar-refractivity contribution in [2.75, 3.05) is 19.6 Å². The number of rotatable bonds is 4. The molecule has 1 aliphatic heterocycles. The molecular formula is C16H34N2. The molecule has 0 aromatic heterocycles. The summed E-state index contributed by atoms with van der Waals surface area (Å²) in [6.07, 6.45) is 2.52. The van der Waals surface area contributed by atoms with Gasteiger partial charge in [0.15, 0.2) is 0 Å². The zero-order valence-electron chi connectivity index (χ0n) is 13.6. The molecule has 0 aromatic rings. The molecule has 18 heavy (non-hydrogen) atoms. The quantitative estimate of drug-likeness (QED) is 0.826. The van der Waals surface area contributed by atoms with Crippen LogP contribution in [-0.2, 0) is 0 Å². The third-order valence-corrected chi connectivity index (χ3v) is 4.62. The highest BCUT2D eigenvalue weighted by molar-refractivity contribution is 4.96. The second-order valence-electron chi connectivity index (χ2n) is 7.84. The van der Waals surface area contributed by atoms with Crippen LogP contribution < -0.4 is 5.32 Å². The van der Waals surface area contributed by atoms with E-state index >= 15 is 0 Å². The Labute approximate surface area is 115 Å². The Morgan fingerprint density at radius 1 is 1.33 bits per heavy atom. The van der Waals surface area contributed by atoms with Crippen LogP contribution in [0.2, 0.25) is 0 Å². The third-order valence-electron chi connectivity index (χ3n) is 4.62. The Kier molecular flexibility index (Phi) is 5.25. The van der Waals surface area contributed by atoms with Crippen LogP contribution in [0, 0.1) is 11.3 Å². The van der Waals surface area contributed by atoms with Crippen molar-refractivity contribution in [3.63, 3.8) is 0 Å². The minimum absolute atomic E-state index is 0.344. The molecule has 0 amide bonds. The molecule has 0 spiro atoms. The molecule has 1 rings (SSSR count). The highest BCUT2D eigenvalue weighted by Crippen LogP contribution is 2.28. The summed E-state index contributed by atoms with van der Waals surface area (Å²) in [4.78, 5) is 2.74.